The highest BCUT2D eigenvalue weighted by atomic mass is 32.2. The second-order valence-corrected chi connectivity index (χ2v) is 6.53. The molecule has 0 spiro atoms. The van der Waals surface area contributed by atoms with Crippen LogP contribution in [0, 0.1) is 13.8 Å². The zero-order valence-corrected chi connectivity index (χ0v) is 15.5. The van der Waals surface area contributed by atoms with Crippen molar-refractivity contribution < 1.29 is 9.29 Å². The molecule has 0 unspecified atom stereocenters. The van der Waals surface area contributed by atoms with Crippen LogP contribution < -0.4 is 4.18 Å². The van der Waals surface area contributed by atoms with Gasteiger partial charge in [-0.3, -0.25) is 0 Å². The smallest absolute Gasteiger partial charge is 0.143 e. The first-order chi connectivity index (χ1) is 11.0. The molecule has 0 fully saturated rings. The minimum atomic E-state index is -0.0406. The lowest BCUT2D eigenvalue weighted by Gasteiger charge is -2.34. The van der Waals surface area contributed by atoms with Crippen molar-refractivity contribution in [2.45, 2.75) is 46.0 Å². The molecule has 0 aliphatic rings. The molecule has 23 heavy (non-hydrogen) atoms. The highest BCUT2D eigenvalue weighted by Crippen LogP contribution is 2.42. The van der Waals surface area contributed by atoms with Crippen molar-refractivity contribution >= 4 is 12.0 Å². The highest BCUT2D eigenvalue weighted by molar-refractivity contribution is 7.94. The van der Waals surface area contributed by atoms with E-state index in [9.17, 15) is 5.11 Å². The molecule has 0 aromatic heterocycles. The van der Waals surface area contributed by atoms with E-state index in [4.69, 9.17) is 4.18 Å². The largest absolute Gasteiger partial charge is 0.508 e. The predicted octanol–water partition coefficient (Wildman–Crippen LogP) is 5.77. The highest BCUT2D eigenvalue weighted by Gasteiger charge is 2.31. The molecule has 0 aliphatic carbocycles. The van der Waals surface area contributed by atoms with E-state index in [1.165, 1.54) is 34.3 Å². The minimum absolute atomic E-state index is 0.0406. The summed E-state index contributed by atoms with van der Waals surface area (Å²) in [6, 6.07) is 12.1. The normalized spacial score (nSPS) is 11.5. The van der Waals surface area contributed by atoms with Gasteiger partial charge in [0.05, 0.1) is 12.0 Å². The van der Waals surface area contributed by atoms with E-state index in [-0.39, 0.29) is 5.41 Å². The Morgan fingerprint density at radius 3 is 1.91 bits per heavy atom. The van der Waals surface area contributed by atoms with E-state index in [1.54, 1.807) is 12.1 Å². The van der Waals surface area contributed by atoms with E-state index >= 15 is 0 Å². The molecule has 1 N–H and O–H groups in total. The van der Waals surface area contributed by atoms with Crippen LogP contribution in [0.3, 0.4) is 0 Å². The molecule has 124 valence electrons. The minimum Gasteiger partial charge on any atom is -0.508 e. The summed E-state index contributed by atoms with van der Waals surface area (Å²) in [5.74, 6) is 1.28. The van der Waals surface area contributed by atoms with Crippen LogP contribution in [-0.4, -0.2) is 11.4 Å². The Hall–Kier alpha value is -1.61. The number of phenols is 1. The van der Waals surface area contributed by atoms with Gasteiger partial charge in [0, 0.05) is 11.7 Å². The molecule has 0 heterocycles. The van der Waals surface area contributed by atoms with Crippen molar-refractivity contribution in [2.24, 2.45) is 0 Å². The molecule has 0 aliphatic heterocycles. The molecule has 0 atom stereocenters. The molecule has 0 saturated heterocycles. The lowest BCUT2D eigenvalue weighted by atomic mass is 9.70. The topological polar surface area (TPSA) is 29.5 Å². The Morgan fingerprint density at radius 1 is 0.957 bits per heavy atom. The molecule has 0 saturated carbocycles. The SMILES string of the molecule is CCC(CC)(c1ccc(O)cc1)c1cc(C)c(OSC)c(C)c1. The molecule has 0 bridgehead atoms. The third-order valence-electron chi connectivity index (χ3n) is 4.81. The summed E-state index contributed by atoms with van der Waals surface area (Å²) < 4.78 is 5.71. The predicted molar refractivity (Wildman–Crippen MR) is 99.5 cm³/mol. The maximum absolute atomic E-state index is 9.60. The number of benzene rings is 2. The van der Waals surface area contributed by atoms with Crippen molar-refractivity contribution in [1.29, 1.82) is 0 Å². The van der Waals surface area contributed by atoms with Crippen LogP contribution >= 0.6 is 12.0 Å². The fraction of sp³-hybridized carbons (Fsp3) is 0.400. The number of hydrogen-bond donors (Lipinski definition) is 1. The van der Waals surface area contributed by atoms with Crippen LogP contribution in [0.5, 0.6) is 11.5 Å². The van der Waals surface area contributed by atoms with Gasteiger partial charge in [0.1, 0.15) is 11.5 Å². The van der Waals surface area contributed by atoms with Crippen LogP contribution in [0.2, 0.25) is 0 Å². The molecule has 2 nitrogen and oxygen atoms in total. The third kappa shape index (κ3) is 3.35. The van der Waals surface area contributed by atoms with E-state index in [0.717, 1.165) is 18.6 Å². The summed E-state index contributed by atoms with van der Waals surface area (Å²) >= 11 is 1.38. The maximum atomic E-state index is 9.60. The summed E-state index contributed by atoms with van der Waals surface area (Å²) in [5.41, 5.74) is 4.86. The molecule has 2 aromatic carbocycles. The summed E-state index contributed by atoms with van der Waals surface area (Å²) in [6.07, 6.45) is 3.96. The van der Waals surface area contributed by atoms with Gasteiger partial charge < -0.3 is 9.29 Å². The van der Waals surface area contributed by atoms with Gasteiger partial charge in [-0.05, 0) is 61.1 Å². The number of rotatable bonds is 6. The Morgan fingerprint density at radius 2 is 1.48 bits per heavy atom. The van der Waals surface area contributed by atoms with E-state index < -0.39 is 0 Å². The summed E-state index contributed by atoms with van der Waals surface area (Å²) in [7, 11) is 0. The summed E-state index contributed by atoms with van der Waals surface area (Å²) in [4.78, 5) is 0. The van der Waals surface area contributed by atoms with Crippen LogP contribution in [0.4, 0.5) is 0 Å². The standard InChI is InChI=1S/C20H26O2S/c1-6-20(7-2,16-8-10-18(21)11-9-16)17-12-14(3)19(22-23-5)15(4)13-17/h8-13,21H,6-7H2,1-5H3. The molecule has 0 radical (unpaired) electrons. The Balaban J connectivity index is 2.60. The lowest BCUT2D eigenvalue weighted by molar-refractivity contribution is 0.464. The first-order valence-electron chi connectivity index (χ1n) is 8.10. The van der Waals surface area contributed by atoms with Crippen LogP contribution in [0.15, 0.2) is 36.4 Å². The fourth-order valence-corrected chi connectivity index (χ4v) is 3.88. The summed E-state index contributed by atoms with van der Waals surface area (Å²) in [6.45, 7) is 8.67. The Kier molecular flexibility index (Phi) is 5.64. The van der Waals surface area contributed by atoms with E-state index in [1.807, 2.05) is 18.4 Å². The number of phenolic OH excluding ortho intramolecular Hbond substituents is 1. The molecule has 2 rings (SSSR count). The average Bonchev–Trinajstić information content (AvgIpc) is 2.54. The maximum Gasteiger partial charge on any atom is 0.143 e. The van der Waals surface area contributed by atoms with Crippen molar-refractivity contribution in [3.05, 3.63) is 58.7 Å². The van der Waals surface area contributed by atoms with Gasteiger partial charge in [0.15, 0.2) is 0 Å². The van der Waals surface area contributed by atoms with Gasteiger partial charge in [0.25, 0.3) is 0 Å². The van der Waals surface area contributed by atoms with Crippen LogP contribution in [-0.2, 0) is 5.41 Å². The number of hydrogen-bond acceptors (Lipinski definition) is 3. The van der Waals surface area contributed by atoms with Crippen molar-refractivity contribution in [2.75, 3.05) is 6.26 Å². The monoisotopic (exact) mass is 330 g/mol. The Bertz CT molecular complexity index is 635. The zero-order valence-electron chi connectivity index (χ0n) is 14.6. The molecule has 3 heteroatoms. The van der Waals surface area contributed by atoms with Crippen LogP contribution in [0.25, 0.3) is 0 Å². The Labute approximate surface area is 144 Å². The molecular weight excluding hydrogens is 304 g/mol. The third-order valence-corrected chi connectivity index (χ3v) is 5.14. The van der Waals surface area contributed by atoms with Gasteiger partial charge in [0.2, 0.25) is 0 Å². The molecular formula is C20H26O2S. The van der Waals surface area contributed by atoms with Crippen molar-refractivity contribution in [3.8, 4) is 11.5 Å². The van der Waals surface area contributed by atoms with Crippen molar-refractivity contribution in [1.82, 2.24) is 0 Å². The van der Waals surface area contributed by atoms with Gasteiger partial charge in [-0.2, -0.15) is 0 Å². The van der Waals surface area contributed by atoms with Gasteiger partial charge in [-0.15, -0.1) is 0 Å². The first-order valence-corrected chi connectivity index (χ1v) is 9.25. The van der Waals surface area contributed by atoms with Crippen LogP contribution in [0.1, 0.15) is 48.9 Å². The lowest BCUT2D eigenvalue weighted by Crippen LogP contribution is -2.26. The second-order valence-electron chi connectivity index (χ2n) is 6.03. The van der Waals surface area contributed by atoms with E-state index in [2.05, 4.69) is 39.8 Å². The van der Waals surface area contributed by atoms with Crippen molar-refractivity contribution in [3.63, 3.8) is 0 Å². The average molecular weight is 330 g/mol. The van der Waals surface area contributed by atoms with Gasteiger partial charge in [-0.1, -0.05) is 38.1 Å². The number of aromatic hydroxyl groups is 1. The van der Waals surface area contributed by atoms with E-state index in [0.29, 0.717) is 5.75 Å². The second kappa shape index (κ2) is 7.31. The molecule has 2 aromatic rings. The van der Waals surface area contributed by atoms with Gasteiger partial charge in [-0.25, -0.2) is 0 Å². The quantitative estimate of drug-likeness (QED) is 0.682. The fourth-order valence-electron chi connectivity index (χ4n) is 3.45. The summed E-state index contributed by atoms with van der Waals surface area (Å²) in [5, 5.41) is 9.60. The first kappa shape index (κ1) is 17.7. The van der Waals surface area contributed by atoms with Gasteiger partial charge >= 0.3 is 0 Å². The molecule has 0 amide bonds. The zero-order chi connectivity index (χ0) is 17.0. The number of aryl methyl sites for hydroxylation is 2.